The molecule has 0 bridgehead atoms. The number of carbonyl (C=O) groups is 1. The summed E-state index contributed by atoms with van der Waals surface area (Å²) >= 11 is 13.4. The molecule has 1 heterocycles. The monoisotopic (exact) mass is 571 g/mol. The lowest BCUT2D eigenvalue weighted by Crippen LogP contribution is -2.40. The van der Waals surface area contributed by atoms with Crippen molar-refractivity contribution in [1.82, 2.24) is 14.6 Å². The van der Waals surface area contributed by atoms with Crippen molar-refractivity contribution in [3.63, 3.8) is 0 Å². The molecule has 1 aromatic carbocycles. The fraction of sp³-hybridized carbons (Fsp3) is 0.593. The molecule has 0 radical (unpaired) electrons. The van der Waals surface area contributed by atoms with E-state index in [1.165, 1.54) is 31.4 Å². The molecule has 0 unspecified atom stereocenters. The molecule has 0 spiro atoms. The highest BCUT2D eigenvalue weighted by atomic mass is 35.5. The standard InChI is InChI=1S/C27H39Cl2N3O4S/c1-17-20(25(33)30-16-27(5,6)34)14-23(32(17)15-18-10-8-7-9-11-18)24-21(28)12-19(13-22(24)29)37(35,36)31-26(2,3)4/h12-14,18,31,34H,7-11,15-16H2,1-6H3,(H,30,33). The number of halogens is 2. The van der Waals surface area contributed by atoms with Crippen LogP contribution in [0, 0.1) is 12.8 Å². The predicted molar refractivity (Wildman–Crippen MR) is 150 cm³/mol. The number of benzene rings is 1. The molecule has 7 nitrogen and oxygen atoms in total. The van der Waals surface area contributed by atoms with Gasteiger partial charge in [-0.3, -0.25) is 4.79 Å². The van der Waals surface area contributed by atoms with Crippen molar-refractivity contribution in [2.45, 2.75) is 96.2 Å². The van der Waals surface area contributed by atoms with Gasteiger partial charge in [0, 0.05) is 29.9 Å². The van der Waals surface area contributed by atoms with Crippen LogP contribution in [-0.4, -0.2) is 41.7 Å². The summed E-state index contributed by atoms with van der Waals surface area (Å²) in [5.41, 5.74) is 0.665. The molecular formula is C27H39Cl2N3O4S. The number of aromatic nitrogens is 1. The zero-order valence-corrected chi connectivity index (χ0v) is 24.9. The third kappa shape index (κ3) is 7.73. The van der Waals surface area contributed by atoms with Crippen LogP contribution in [0.15, 0.2) is 23.1 Å². The van der Waals surface area contributed by atoms with Crippen molar-refractivity contribution >= 4 is 39.1 Å². The predicted octanol–water partition coefficient (Wildman–Crippen LogP) is 5.93. The highest BCUT2D eigenvalue weighted by Crippen LogP contribution is 2.40. The fourth-order valence-electron chi connectivity index (χ4n) is 4.75. The minimum absolute atomic E-state index is 0.0218. The van der Waals surface area contributed by atoms with Crippen LogP contribution in [0.25, 0.3) is 11.3 Å². The Labute approximate surface area is 231 Å². The Bertz CT molecular complexity index is 1230. The maximum absolute atomic E-state index is 13.1. The molecule has 2 aromatic rings. The number of nitrogens with one attached hydrogen (secondary N) is 2. The first-order valence-electron chi connectivity index (χ1n) is 12.7. The van der Waals surface area contributed by atoms with Gasteiger partial charge in [-0.25, -0.2) is 13.1 Å². The van der Waals surface area contributed by atoms with Crippen LogP contribution in [0.5, 0.6) is 0 Å². The van der Waals surface area contributed by atoms with Gasteiger partial charge in [0.25, 0.3) is 5.91 Å². The Hall–Kier alpha value is -1.58. The van der Waals surface area contributed by atoms with E-state index >= 15 is 0 Å². The molecule has 1 aliphatic carbocycles. The second kappa shape index (κ2) is 11.3. The summed E-state index contributed by atoms with van der Waals surface area (Å²) in [4.78, 5) is 13.1. The lowest BCUT2D eigenvalue weighted by atomic mass is 9.89. The maximum atomic E-state index is 13.1. The number of rotatable bonds is 8. The zero-order valence-electron chi connectivity index (χ0n) is 22.5. The third-order valence-electron chi connectivity index (χ3n) is 6.48. The van der Waals surface area contributed by atoms with Crippen LogP contribution in [0.4, 0.5) is 0 Å². The van der Waals surface area contributed by atoms with Crippen LogP contribution in [0.2, 0.25) is 10.0 Å². The smallest absolute Gasteiger partial charge is 0.253 e. The highest BCUT2D eigenvalue weighted by molar-refractivity contribution is 7.89. The topological polar surface area (TPSA) is 100 Å². The van der Waals surface area contributed by atoms with Crippen LogP contribution in [0.1, 0.15) is 82.8 Å². The first kappa shape index (κ1) is 30.0. The molecular weight excluding hydrogens is 533 g/mol. The van der Waals surface area contributed by atoms with Crippen LogP contribution in [-0.2, 0) is 16.6 Å². The minimum Gasteiger partial charge on any atom is -0.389 e. The number of amides is 1. The second-order valence-corrected chi connectivity index (χ2v) is 14.3. The first-order chi connectivity index (χ1) is 17.0. The lowest BCUT2D eigenvalue weighted by Gasteiger charge is -2.25. The van der Waals surface area contributed by atoms with Gasteiger partial charge >= 0.3 is 0 Å². The van der Waals surface area contributed by atoms with Gasteiger partial charge in [0.15, 0.2) is 0 Å². The molecule has 3 rings (SSSR count). The van der Waals surface area contributed by atoms with E-state index in [4.69, 9.17) is 23.2 Å². The molecule has 0 saturated heterocycles. The van der Waals surface area contributed by atoms with Gasteiger partial charge in [-0.05, 0) is 78.5 Å². The fourth-order valence-corrected chi connectivity index (χ4v) is 7.03. The zero-order chi connectivity index (χ0) is 27.8. The van der Waals surface area contributed by atoms with Crippen molar-refractivity contribution < 1.29 is 18.3 Å². The molecule has 0 aliphatic heterocycles. The molecule has 10 heteroatoms. The van der Waals surface area contributed by atoms with E-state index in [9.17, 15) is 18.3 Å². The molecule has 1 fully saturated rings. The quantitative estimate of drug-likeness (QED) is 0.365. The van der Waals surface area contributed by atoms with E-state index in [1.54, 1.807) is 40.7 Å². The van der Waals surface area contributed by atoms with Gasteiger partial charge < -0.3 is 15.0 Å². The van der Waals surface area contributed by atoms with E-state index < -0.39 is 21.2 Å². The summed E-state index contributed by atoms with van der Waals surface area (Å²) in [6.07, 6.45) is 5.79. The van der Waals surface area contributed by atoms with E-state index in [2.05, 4.69) is 14.6 Å². The van der Waals surface area contributed by atoms with Crippen molar-refractivity contribution in [3.05, 3.63) is 39.5 Å². The van der Waals surface area contributed by atoms with Gasteiger partial charge in [-0.1, -0.05) is 42.5 Å². The average Bonchev–Trinajstić information content (AvgIpc) is 3.06. The Morgan fingerprint density at radius 3 is 2.14 bits per heavy atom. The Morgan fingerprint density at radius 1 is 1.05 bits per heavy atom. The normalized spacial score (nSPS) is 15.7. The van der Waals surface area contributed by atoms with Gasteiger partial charge in [0.1, 0.15) is 0 Å². The van der Waals surface area contributed by atoms with Crippen molar-refractivity contribution in [2.24, 2.45) is 5.92 Å². The van der Waals surface area contributed by atoms with E-state index in [-0.39, 0.29) is 27.4 Å². The summed E-state index contributed by atoms with van der Waals surface area (Å²) < 4.78 is 30.5. The Kier molecular flexibility index (Phi) is 9.12. The molecule has 1 aromatic heterocycles. The van der Waals surface area contributed by atoms with E-state index in [1.807, 2.05) is 6.92 Å². The van der Waals surface area contributed by atoms with Gasteiger partial charge in [0.05, 0.1) is 31.8 Å². The number of aliphatic hydroxyl groups is 1. The van der Waals surface area contributed by atoms with Crippen LogP contribution < -0.4 is 10.0 Å². The summed E-state index contributed by atoms with van der Waals surface area (Å²) in [5, 5.41) is 13.2. The molecule has 37 heavy (non-hydrogen) atoms. The average molecular weight is 573 g/mol. The summed E-state index contributed by atoms with van der Waals surface area (Å²) in [5.74, 6) is 0.156. The number of sulfonamides is 1. The SMILES string of the molecule is Cc1c(C(=O)NCC(C)(C)O)cc(-c2c(Cl)cc(S(=O)(=O)NC(C)(C)C)cc2Cl)n1CC1CCCCC1. The van der Waals surface area contributed by atoms with Gasteiger partial charge in [-0.2, -0.15) is 0 Å². The molecule has 206 valence electrons. The number of hydrogen-bond acceptors (Lipinski definition) is 4. The number of nitrogens with zero attached hydrogens (tertiary/aromatic N) is 1. The first-order valence-corrected chi connectivity index (χ1v) is 15.0. The second-order valence-electron chi connectivity index (χ2n) is 11.8. The molecule has 3 N–H and O–H groups in total. The number of carbonyl (C=O) groups excluding carboxylic acids is 1. The Morgan fingerprint density at radius 2 is 1.62 bits per heavy atom. The maximum Gasteiger partial charge on any atom is 0.253 e. The molecule has 1 aliphatic rings. The van der Waals surface area contributed by atoms with Crippen molar-refractivity contribution in [1.29, 1.82) is 0 Å². The lowest BCUT2D eigenvalue weighted by molar-refractivity contribution is 0.0694. The molecule has 0 atom stereocenters. The van der Waals surface area contributed by atoms with Crippen LogP contribution in [0.3, 0.4) is 0 Å². The number of hydrogen-bond donors (Lipinski definition) is 3. The molecule has 1 amide bonds. The summed E-state index contributed by atoms with van der Waals surface area (Å²) in [6.45, 7) is 11.2. The van der Waals surface area contributed by atoms with Crippen molar-refractivity contribution in [2.75, 3.05) is 6.54 Å². The van der Waals surface area contributed by atoms with Gasteiger partial charge in [-0.15, -0.1) is 0 Å². The highest BCUT2D eigenvalue weighted by Gasteiger charge is 2.28. The molecule has 1 saturated carbocycles. The van der Waals surface area contributed by atoms with E-state index in [0.29, 0.717) is 29.3 Å². The van der Waals surface area contributed by atoms with Gasteiger partial charge in [0.2, 0.25) is 10.0 Å². The largest absolute Gasteiger partial charge is 0.389 e. The van der Waals surface area contributed by atoms with Crippen LogP contribution >= 0.6 is 23.2 Å². The summed E-state index contributed by atoms with van der Waals surface area (Å²) in [6, 6.07) is 4.56. The van der Waals surface area contributed by atoms with Crippen molar-refractivity contribution in [3.8, 4) is 11.3 Å². The third-order valence-corrected chi connectivity index (χ3v) is 8.81. The minimum atomic E-state index is -3.85. The Balaban J connectivity index is 2.09. The summed E-state index contributed by atoms with van der Waals surface area (Å²) in [7, 11) is -3.85. The van der Waals surface area contributed by atoms with E-state index in [0.717, 1.165) is 18.5 Å².